The maximum Gasteiger partial charge on any atom is 0.258 e. The van der Waals surface area contributed by atoms with Gasteiger partial charge in [0, 0.05) is 12.6 Å². The van der Waals surface area contributed by atoms with E-state index in [1.54, 1.807) is 12.1 Å². The minimum atomic E-state index is -0.254. The smallest absolute Gasteiger partial charge is 0.258 e. The van der Waals surface area contributed by atoms with Crippen LogP contribution in [-0.2, 0) is 22.7 Å². The third-order valence-electron chi connectivity index (χ3n) is 3.88. The SMILES string of the molecule is CCOc1cc(C#N)cc(Br)c1OCC(=O)NCc1ccc(COC(C)C)cc1. The molecule has 6 nitrogen and oxygen atoms in total. The summed E-state index contributed by atoms with van der Waals surface area (Å²) in [6.07, 6.45) is 0.188. The van der Waals surface area contributed by atoms with Gasteiger partial charge in [-0.05, 0) is 53.9 Å². The third kappa shape index (κ3) is 7.41. The fraction of sp³-hybridized carbons (Fsp3) is 0.364. The molecule has 0 bridgehead atoms. The maximum atomic E-state index is 12.2. The van der Waals surface area contributed by atoms with Gasteiger partial charge < -0.3 is 19.5 Å². The van der Waals surface area contributed by atoms with Crippen molar-refractivity contribution in [3.05, 3.63) is 57.6 Å². The van der Waals surface area contributed by atoms with E-state index in [0.29, 0.717) is 41.3 Å². The molecule has 0 aromatic heterocycles. The second-order valence-electron chi connectivity index (χ2n) is 6.57. The third-order valence-corrected chi connectivity index (χ3v) is 4.47. The Morgan fingerprint density at radius 2 is 1.86 bits per heavy atom. The fourth-order valence-corrected chi connectivity index (χ4v) is 3.00. The van der Waals surface area contributed by atoms with Crippen LogP contribution in [0, 0.1) is 11.3 Å². The van der Waals surface area contributed by atoms with Crippen molar-refractivity contribution in [2.24, 2.45) is 0 Å². The zero-order valence-electron chi connectivity index (χ0n) is 16.8. The molecular weight excluding hydrogens is 436 g/mol. The van der Waals surface area contributed by atoms with Crippen LogP contribution in [0.15, 0.2) is 40.9 Å². The summed E-state index contributed by atoms with van der Waals surface area (Å²) >= 11 is 3.36. The van der Waals surface area contributed by atoms with E-state index in [0.717, 1.165) is 11.1 Å². The fourth-order valence-electron chi connectivity index (χ4n) is 2.44. The minimum Gasteiger partial charge on any atom is -0.490 e. The number of hydrogen-bond donors (Lipinski definition) is 1. The first-order valence-corrected chi connectivity index (χ1v) is 10.2. The molecular formula is C22H25BrN2O4. The van der Waals surface area contributed by atoms with E-state index >= 15 is 0 Å². The Morgan fingerprint density at radius 1 is 1.17 bits per heavy atom. The molecule has 0 saturated carbocycles. The summed E-state index contributed by atoms with van der Waals surface area (Å²) in [4.78, 5) is 12.2. The van der Waals surface area contributed by atoms with Crippen LogP contribution in [0.4, 0.5) is 0 Å². The van der Waals surface area contributed by atoms with Crippen molar-refractivity contribution in [2.45, 2.75) is 40.0 Å². The molecule has 2 rings (SSSR count). The van der Waals surface area contributed by atoms with Crippen molar-refractivity contribution in [3.8, 4) is 17.6 Å². The van der Waals surface area contributed by atoms with Gasteiger partial charge in [0.2, 0.25) is 0 Å². The number of hydrogen-bond acceptors (Lipinski definition) is 5. The molecule has 1 amide bonds. The maximum absolute atomic E-state index is 12.2. The van der Waals surface area contributed by atoms with Crippen molar-refractivity contribution in [1.82, 2.24) is 5.32 Å². The summed E-state index contributed by atoms with van der Waals surface area (Å²) in [5, 5.41) is 11.9. The average Bonchev–Trinajstić information content (AvgIpc) is 2.70. The molecule has 0 unspecified atom stereocenters. The van der Waals surface area contributed by atoms with E-state index in [2.05, 4.69) is 27.3 Å². The van der Waals surface area contributed by atoms with Gasteiger partial charge in [-0.15, -0.1) is 0 Å². The summed E-state index contributed by atoms with van der Waals surface area (Å²) in [5.74, 6) is 0.567. The Hall–Kier alpha value is -2.56. The second kappa shape index (κ2) is 11.4. The van der Waals surface area contributed by atoms with Crippen LogP contribution in [0.25, 0.3) is 0 Å². The van der Waals surface area contributed by atoms with Crippen molar-refractivity contribution < 1.29 is 19.0 Å². The minimum absolute atomic E-state index is 0.162. The number of halogens is 1. The molecule has 29 heavy (non-hydrogen) atoms. The standard InChI is InChI=1S/C22H25BrN2O4/c1-4-27-20-10-18(11-24)9-19(23)22(20)29-14-21(26)25-12-16-5-7-17(8-6-16)13-28-15(2)3/h5-10,15H,4,12-14H2,1-3H3,(H,25,26). The van der Waals surface area contributed by atoms with Gasteiger partial charge in [0.25, 0.3) is 5.91 Å². The molecule has 0 aliphatic carbocycles. The van der Waals surface area contributed by atoms with Gasteiger partial charge in [-0.2, -0.15) is 5.26 Å². The number of nitriles is 1. The molecule has 2 aromatic rings. The van der Waals surface area contributed by atoms with E-state index in [9.17, 15) is 4.79 Å². The van der Waals surface area contributed by atoms with Crippen LogP contribution in [0.5, 0.6) is 11.5 Å². The van der Waals surface area contributed by atoms with Gasteiger partial charge in [0.05, 0.1) is 35.4 Å². The largest absolute Gasteiger partial charge is 0.490 e. The van der Waals surface area contributed by atoms with Crippen LogP contribution in [0.3, 0.4) is 0 Å². The van der Waals surface area contributed by atoms with E-state index in [4.69, 9.17) is 19.5 Å². The Morgan fingerprint density at radius 3 is 2.48 bits per heavy atom. The molecule has 154 valence electrons. The normalized spacial score (nSPS) is 10.5. The summed E-state index contributed by atoms with van der Waals surface area (Å²) in [7, 11) is 0. The van der Waals surface area contributed by atoms with E-state index in [1.165, 1.54) is 0 Å². The number of carbonyl (C=O) groups excluding carboxylic acids is 1. The second-order valence-corrected chi connectivity index (χ2v) is 7.43. The summed E-state index contributed by atoms with van der Waals surface area (Å²) in [5.41, 5.74) is 2.52. The summed E-state index contributed by atoms with van der Waals surface area (Å²) in [6, 6.07) is 13.2. The van der Waals surface area contributed by atoms with Crippen molar-refractivity contribution in [3.63, 3.8) is 0 Å². The number of nitrogens with one attached hydrogen (secondary N) is 1. The molecule has 7 heteroatoms. The Kier molecular flexibility index (Phi) is 8.97. The number of amides is 1. The van der Waals surface area contributed by atoms with Gasteiger partial charge in [0.15, 0.2) is 18.1 Å². The number of benzene rings is 2. The van der Waals surface area contributed by atoms with Gasteiger partial charge in [-0.3, -0.25) is 4.79 Å². The van der Waals surface area contributed by atoms with Crippen molar-refractivity contribution >= 4 is 21.8 Å². The lowest BCUT2D eigenvalue weighted by Gasteiger charge is -2.14. The summed E-state index contributed by atoms with van der Waals surface area (Å²) in [6.45, 7) is 7.07. The van der Waals surface area contributed by atoms with E-state index in [1.807, 2.05) is 45.0 Å². The van der Waals surface area contributed by atoms with E-state index in [-0.39, 0.29) is 18.6 Å². The predicted molar refractivity (Wildman–Crippen MR) is 114 cm³/mol. The van der Waals surface area contributed by atoms with Gasteiger partial charge in [0.1, 0.15) is 0 Å². The van der Waals surface area contributed by atoms with E-state index < -0.39 is 0 Å². The molecule has 0 spiro atoms. The molecule has 1 N–H and O–H groups in total. The van der Waals surface area contributed by atoms with Gasteiger partial charge >= 0.3 is 0 Å². The molecule has 0 radical (unpaired) electrons. The Bertz CT molecular complexity index is 860. The lowest BCUT2D eigenvalue weighted by Crippen LogP contribution is -2.28. The Balaban J connectivity index is 1.88. The van der Waals surface area contributed by atoms with Crippen molar-refractivity contribution in [1.29, 1.82) is 5.26 Å². The lowest BCUT2D eigenvalue weighted by molar-refractivity contribution is -0.123. The van der Waals surface area contributed by atoms with Crippen LogP contribution < -0.4 is 14.8 Å². The molecule has 0 heterocycles. The zero-order valence-corrected chi connectivity index (χ0v) is 18.4. The summed E-state index contributed by atoms with van der Waals surface area (Å²) < 4.78 is 17.3. The Labute approximate surface area is 179 Å². The predicted octanol–water partition coefficient (Wildman–Crippen LogP) is 4.34. The molecule has 2 aromatic carbocycles. The molecule has 0 saturated heterocycles. The van der Waals surface area contributed by atoms with Crippen LogP contribution >= 0.6 is 15.9 Å². The zero-order chi connectivity index (χ0) is 21.2. The van der Waals surface area contributed by atoms with Crippen molar-refractivity contribution in [2.75, 3.05) is 13.2 Å². The highest BCUT2D eigenvalue weighted by Gasteiger charge is 2.14. The highest BCUT2D eigenvalue weighted by molar-refractivity contribution is 9.10. The van der Waals surface area contributed by atoms with Crippen LogP contribution in [0.1, 0.15) is 37.5 Å². The quantitative estimate of drug-likeness (QED) is 0.570. The average molecular weight is 461 g/mol. The number of rotatable bonds is 10. The molecule has 0 atom stereocenters. The van der Waals surface area contributed by atoms with Crippen LogP contribution in [0.2, 0.25) is 0 Å². The molecule has 0 aliphatic heterocycles. The first kappa shape index (κ1) is 22.7. The van der Waals surface area contributed by atoms with Gasteiger partial charge in [-0.25, -0.2) is 0 Å². The lowest BCUT2D eigenvalue weighted by atomic mass is 10.1. The topological polar surface area (TPSA) is 80.6 Å². The molecule has 0 fully saturated rings. The first-order valence-electron chi connectivity index (χ1n) is 9.38. The van der Waals surface area contributed by atoms with Crippen LogP contribution in [-0.4, -0.2) is 25.2 Å². The van der Waals surface area contributed by atoms with Gasteiger partial charge in [-0.1, -0.05) is 24.3 Å². The number of nitrogens with zero attached hydrogens (tertiary/aromatic N) is 1. The first-order chi connectivity index (χ1) is 13.9. The number of ether oxygens (including phenoxy) is 3. The molecule has 0 aliphatic rings. The monoisotopic (exact) mass is 460 g/mol. The highest BCUT2D eigenvalue weighted by atomic mass is 79.9. The number of carbonyl (C=O) groups is 1. The highest BCUT2D eigenvalue weighted by Crippen LogP contribution is 2.36.